The van der Waals surface area contributed by atoms with Gasteiger partial charge in [0.25, 0.3) is 5.91 Å². The van der Waals surface area contributed by atoms with E-state index in [1.807, 2.05) is 13.8 Å². The van der Waals surface area contributed by atoms with Crippen molar-refractivity contribution in [3.05, 3.63) is 11.3 Å². The van der Waals surface area contributed by atoms with Crippen LogP contribution in [0.5, 0.6) is 0 Å². The molecule has 2 rings (SSSR count). The third-order valence-corrected chi connectivity index (χ3v) is 4.49. The van der Waals surface area contributed by atoms with Gasteiger partial charge in [-0.15, -0.1) is 0 Å². The van der Waals surface area contributed by atoms with E-state index in [1.165, 1.54) is 6.42 Å². The molecular formula is C16H26N2O3. The zero-order valence-electron chi connectivity index (χ0n) is 13.0. The van der Waals surface area contributed by atoms with Crippen molar-refractivity contribution >= 4 is 11.9 Å². The van der Waals surface area contributed by atoms with Crippen LogP contribution in [0.25, 0.3) is 0 Å². The van der Waals surface area contributed by atoms with Gasteiger partial charge in [-0.1, -0.05) is 33.1 Å². The van der Waals surface area contributed by atoms with Crippen LogP contribution in [0, 0.1) is 0 Å². The van der Waals surface area contributed by atoms with Crippen LogP contribution in [0.1, 0.15) is 58.8 Å². The first-order valence-corrected chi connectivity index (χ1v) is 8.15. The van der Waals surface area contributed by atoms with Crippen molar-refractivity contribution in [1.82, 2.24) is 10.2 Å². The summed E-state index contributed by atoms with van der Waals surface area (Å²) >= 11 is 0. The highest BCUT2D eigenvalue weighted by Crippen LogP contribution is 2.29. The molecule has 5 heteroatoms. The molecule has 1 fully saturated rings. The molecule has 1 aliphatic heterocycles. The van der Waals surface area contributed by atoms with Crippen LogP contribution in [0.15, 0.2) is 11.3 Å². The van der Waals surface area contributed by atoms with E-state index in [2.05, 4.69) is 5.32 Å². The minimum Gasteiger partial charge on any atom is -0.478 e. The summed E-state index contributed by atoms with van der Waals surface area (Å²) in [5.74, 6) is -1.10. The number of aliphatic carboxylic acids is 1. The van der Waals surface area contributed by atoms with Gasteiger partial charge in [-0.2, -0.15) is 0 Å². The minimum atomic E-state index is -0.966. The molecule has 1 unspecified atom stereocenters. The average Bonchev–Trinajstić information content (AvgIpc) is 2.74. The lowest BCUT2D eigenvalue weighted by Gasteiger charge is -2.25. The van der Waals surface area contributed by atoms with Crippen LogP contribution in [0.3, 0.4) is 0 Å². The number of hydrogen-bond donors (Lipinski definition) is 2. The van der Waals surface area contributed by atoms with E-state index in [1.54, 1.807) is 4.90 Å². The quantitative estimate of drug-likeness (QED) is 0.788. The topological polar surface area (TPSA) is 69.6 Å². The SMILES string of the molecule is CCCN1C(=O)C(NC2CCCCC2)=C(C(=O)O)C1CC. The molecule has 1 aliphatic carbocycles. The summed E-state index contributed by atoms with van der Waals surface area (Å²) in [5, 5.41) is 12.8. The van der Waals surface area contributed by atoms with Crippen LogP contribution in [0.4, 0.5) is 0 Å². The number of amides is 1. The molecule has 0 saturated heterocycles. The average molecular weight is 294 g/mol. The second kappa shape index (κ2) is 6.96. The molecule has 0 bridgehead atoms. The first-order valence-electron chi connectivity index (χ1n) is 8.15. The molecule has 1 amide bonds. The Morgan fingerprint density at radius 2 is 1.95 bits per heavy atom. The highest BCUT2D eigenvalue weighted by molar-refractivity contribution is 6.06. The van der Waals surface area contributed by atoms with E-state index in [4.69, 9.17) is 0 Å². The number of carboxylic acids is 1. The number of rotatable bonds is 6. The van der Waals surface area contributed by atoms with Crippen molar-refractivity contribution in [3.63, 3.8) is 0 Å². The predicted octanol–water partition coefficient (Wildman–Crippen LogP) is 2.28. The first kappa shape index (κ1) is 15.9. The predicted molar refractivity (Wildman–Crippen MR) is 80.8 cm³/mol. The lowest BCUT2D eigenvalue weighted by Crippen LogP contribution is -2.39. The van der Waals surface area contributed by atoms with Gasteiger partial charge in [0.05, 0.1) is 11.6 Å². The molecule has 5 nitrogen and oxygen atoms in total. The van der Waals surface area contributed by atoms with E-state index < -0.39 is 5.97 Å². The molecule has 118 valence electrons. The lowest BCUT2D eigenvalue weighted by atomic mass is 9.95. The molecule has 1 heterocycles. The molecule has 21 heavy (non-hydrogen) atoms. The Kier molecular flexibility index (Phi) is 5.26. The molecule has 0 aromatic carbocycles. The van der Waals surface area contributed by atoms with Gasteiger partial charge in [0.2, 0.25) is 0 Å². The molecule has 0 aromatic heterocycles. The van der Waals surface area contributed by atoms with Crippen LogP contribution in [0.2, 0.25) is 0 Å². The molecule has 1 atom stereocenters. The van der Waals surface area contributed by atoms with Gasteiger partial charge in [-0.05, 0) is 25.7 Å². The highest BCUT2D eigenvalue weighted by atomic mass is 16.4. The van der Waals surface area contributed by atoms with E-state index in [9.17, 15) is 14.7 Å². The molecular weight excluding hydrogens is 268 g/mol. The number of nitrogens with one attached hydrogen (secondary N) is 1. The van der Waals surface area contributed by atoms with Crippen molar-refractivity contribution in [1.29, 1.82) is 0 Å². The zero-order chi connectivity index (χ0) is 15.4. The summed E-state index contributed by atoms with van der Waals surface area (Å²) in [6.07, 6.45) is 7.06. The Morgan fingerprint density at radius 1 is 1.29 bits per heavy atom. The fourth-order valence-electron chi connectivity index (χ4n) is 3.49. The first-order chi connectivity index (χ1) is 10.1. The largest absolute Gasteiger partial charge is 0.478 e. The zero-order valence-corrected chi connectivity index (χ0v) is 13.0. The number of carbonyl (C=O) groups excluding carboxylic acids is 1. The summed E-state index contributed by atoms with van der Waals surface area (Å²) < 4.78 is 0. The van der Waals surface area contributed by atoms with Crippen molar-refractivity contribution in [2.75, 3.05) is 6.54 Å². The Balaban J connectivity index is 2.25. The van der Waals surface area contributed by atoms with Crippen molar-refractivity contribution in [3.8, 4) is 0 Å². The third-order valence-electron chi connectivity index (χ3n) is 4.49. The number of nitrogens with zero attached hydrogens (tertiary/aromatic N) is 1. The standard InChI is InChI=1S/C16H26N2O3/c1-3-10-18-12(4-2)13(16(20)21)14(15(18)19)17-11-8-6-5-7-9-11/h11-12,17H,3-10H2,1-2H3,(H,20,21). The summed E-state index contributed by atoms with van der Waals surface area (Å²) in [6, 6.07) is -0.0489. The van der Waals surface area contributed by atoms with Gasteiger partial charge < -0.3 is 15.3 Å². The third kappa shape index (κ3) is 3.22. The van der Waals surface area contributed by atoms with Crippen LogP contribution in [-0.2, 0) is 9.59 Å². The maximum absolute atomic E-state index is 12.6. The monoisotopic (exact) mass is 294 g/mol. The Morgan fingerprint density at radius 3 is 2.48 bits per heavy atom. The molecule has 0 spiro atoms. The minimum absolute atomic E-state index is 0.133. The highest BCUT2D eigenvalue weighted by Gasteiger charge is 2.41. The molecule has 2 N–H and O–H groups in total. The van der Waals surface area contributed by atoms with Crippen molar-refractivity contribution < 1.29 is 14.7 Å². The smallest absolute Gasteiger partial charge is 0.336 e. The van der Waals surface area contributed by atoms with E-state index in [0.717, 1.165) is 32.1 Å². The summed E-state index contributed by atoms with van der Waals surface area (Å²) in [5.41, 5.74) is 0.608. The maximum Gasteiger partial charge on any atom is 0.336 e. The van der Waals surface area contributed by atoms with Gasteiger partial charge >= 0.3 is 5.97 Å². The number of carbonyl (C=O) groups is 2. The Labute approximate surface area is 126 Å². The normalized spacial score (nSPS) is 23.8. The van der Waals surface area contributed by atoms with Gasteiger partial charge in [0, 0.05) is 12.6 Å². The second-order valence-electron chi connectivity index (χ2n) is 6.00. The van der Waals surface area contributed by atoms with Crippen LogP contribution >= 0.6 is 0 Å². The second-order valence-corrected chi connectivity index (χ2v) is 6.00. The number of carboxylic acid groups (broad SMARTS) is 1. The maximum atomic E-state index is 12.6. The molecule has 2 aliphatic rings. The van der Waals surface area contributed by atoms with E-state index in [0.29, 0.717) is 18.7 Å². The summed E-state index contributed by atoms with van der Waals surface area (Å²) in [4.78, 5) is 26.0. The van der Waals surface area contributed by atoms with Crippen LogP contribution in [-0.4, -0.2) is 40.5 Å². The van der Waals surface area contributed by atoms with Gasteiger partial charge in [-0.25, -0.2) is 4.79 Å². The fraction of sp³-hybridized carbons (Fsp3) is 0.750. The lowest BCUT2D eigenvalue weighted by molar-refractivity contribution is -0.133. The Bertz CT molecular complexity index is 439. The van der Waals surface area contributed by atoms with Crippen molar-refractivity contribution in [2.24, 2.45) is 0 Å². The van der Waals surface area contributed by atoms with E-state index in [-0.39, 0.29) is 23.6 Å². The van der Waals surface area contributed by atoms with E-state index >= 15 is 0 Å². The summed E-state index contributed by atoms with van der Waals surface area (Å²) in [7, 11) is 0. The van der Waals surface area contributed by atoms with Gasteiger partial charge in [-0.3, -0.25) is 4.79 Å². The number of hydrogen-bond acceptors (Lipinski definition) is 3. The van der Waals surface area contributed by atoms with Gasteiger partial charge in [0.1, 0.15) is 5.70 Å². The fourth-order valence-corrected chi connectivity index (χ4v) is 3.49. The van der Waals surface area contributed by atoms with Crippen molar-refractivity contribution in [2.45, 2.75) is 70.9 Å². The van der Waals surface area contributed by atoms with Gasteiger partial charge in [0.15, 0.2) is 0 Å². The van der Waals surface area contributed by atoms with Crippen LogP contribution < -0.4 is 5.32 Å². The molecule has 1 saturated carbocycles. The molecule has 0 aromatic rings. The Hall–Kier alpha value is -1.52. The molecule has 0 radical (unpaired) electrons. The summed E-state index contributed by atoms with van der Waals surface area (Å²) in [6.45, 7) is 4.56.